The highest BCUT2D eigenvalue weighted by Gasteiger charge is 2.35. The van der Waals surface area contributed by atoms with Crippen LogP contribution in [0.3, 0.4) is 0 Å². The number of carbonyl (C=O) groups excluding carboxylic acids is 1. The number of hydrogen-bond acceptors (Lipinski definition) is 7. The number of carbonyl (C=O) groups is 1. The summed E-state index contributed by atoms with van der Waals surface area (Å²) in [5.74, 6) is 0.440. The molecule has 3 aromatic heterocycles. The van der Waals surface area contributed by atoms with Crippen LogP contribution in [0.5, 0.6) is 0 Å². The summed E-state index contributed by atoms with van der Waals surface area (Å²) in [6.45, 7) is 6.60. The maximum absolute atomic E-state index is 13.3. The Labute approximate surface area is 184 Å². The molecule has 1 amide bonds. The number of amides is 1. The van der Waals surface area contributed by atoms with Crippen LogP contribution in [0.1, 0.15) is 16.8 Å². The Hall–Kier alpha value is -3.95. The molecule has 10 heteroatoms. The molecule has 1 aliphatic rings. The zero-order chi connectivity index (χ0) is 22.8. The number of halogens is 1. The van der Waals surface area contributed by atoms with Crippen molar-refractivity contribution < 1.29 is 13.9 Å². The third kappa shape index (κ3) is 4.25. The summed E-state index contributed by atoms with van der Waals surface area (Å²) >= 11 is 0. The molecule has 2 N–H and O–H groups in total. The second-order valence-electron chi connectivity index (χ2n) is 7.57. The van der Waals surface area contributed by atoms with Gasteiger partial charge in [-0.15, -0.1) is 0 Å². The van der Waals surface area contributed by atoms with Gasteiger partial charge < -0.3 is 20.3 Å². The smallest absolute Gasteiger partial charge is 0.255 e. The van der Waals surface area contributed by atoms with Crippen LogP contribution in [0.15, 0.2) is 49.3 Å². The third-order valence-corrected chi connectivity index (χ3v) is 5.28. The van der Waals surface area contributed by atoms with E-state index in [9.17, 15) is 9.18 Å². The molecule has 1 unspecified atom stereocenters. The SMILES string of the molecule is C=C(OC)C1C(=O)Nc2c(cc(NCc3cnn(Cc4cncc(F)c4)c3)nc2C)N1C. The van der Waals surface area contributed by atoms with E-state index in [4.69, 9.17) is 4.74 Å². The lowest BCUT2D eigenvalue weighted by atomic mass is 10.1. The Kier molecular flexibility index (Phi) is 5.76. The highest BCUT2D eigenvalue weighted by molar-refractivity contribution is 6.05. The molecule has 1 atom stereocenters. The molecule has 0 radical (unpaired) electrons. The van der Waals surface area contributed by atoms with Gasteiger partial charge in [0.25, 0.3) is 5.91 Å². The van der Waals surface area contributed by atoms with Crippen molar-refractivity contribution in [3.8, 4) is 0 Å². The minimum atomic E-state index is -0.627. The summed E-state index contributed by atoms with van der Waals surface area (Å²) in [5.41, 5.74) is 3.86. The molecule has 1 aliphatic heterocycles. The van der Waals surface area contributed by atoms with E-state index in [0.29, 0.717) is 36.0 Å². The number of nitrogens with one attached hydrogen (secondary N) is 2. The molecular weight excluding hydrogens is 413 g/mol. The van der Waals surface area contributed by atoms with E-state index in [0.717, 1.165) is 16.8 Å². The average Bonchev–Trinajstić information content (AvgIpc) is 3.20. The standard InChI is InChI=1S/C22H24FN7O2/c1-13-20-18(29(3)21(14(2)32-4)22(31)28-20)6-19(27-13)25-8-16-9-26-30(12-16)11-15-5-17(23)10-24-7-15/h5-7,9-10,12,21H,2,8,11H2,1,3-4H3,(H,25,27)(H,28,31). The first-order valence-corrected chi connectivity index (χ1v) is 9.98. The van der Waals surface area contributed by atoms with Crippen LogP contribution in [0.25, 0.3) is 0 Å². The van der Waals surface area contributed by atoms with E-state index in [1.54, 1.807) is 17.1 Å². The fourth-order valence-electron chi connectivity index (χ4n) is 3.67. The van der Waals surface area contributed by atoms with Gasteiger partial charge in [0.1, 0.15) is 17.4 Å². The van der Waals surface area contributed by atoms with Crippen molar-refractivity contribution in [1.29, 1.82) is 0 Å². The van der Waals surface area contributed by atoms with Crippen molar-refractivity contribution in [1.82, 2.24) is 19.7 Å². The monoisotopic (exact) mass is 437 g/mol. The maximum atomic E-state index is 13.3. The van der Waals surface area contributed by atoms with Crippen LogP contribution in [0.4, 0.5) is 21.6 Å². The zero-order valence-corrected chi connectivity index (χ0v) is 18.1. The molecule has 0 bridgehead atoms. The molecule has 4 heterocycles. The number of likely N-dealkylation sites (N-methyl/N-ethyl adjacent to an activating group) is 1. The average molecular weight is 437 g/mol. The van der Waals surface area contributed by atoms with Gasteiger partial charge in [-0.2, -0.15) is 5.10 Å². The first-order chi connectivity index (χ1) is 15.4. The van der Waals surface area contributed by atoms with Crippen molar-refractivity contribution in [2.24, 2.45) is 0 Å². The Bertz CT molecular complexity index is 1180. The molecule has 166 valence electrons. The van der Waals surface area contributed by atoms with E-state index < -0.39 is 6.04 Å². The Morgan fingerprint density at radius 2 is 2.12 bits per heavy atom. The summed E-state index contributed by atoms with van der Waals surface area (Å²) in [7, 11) is 3.32. The van der Waals surface area contributed by atoms with Crippen LogP contribution in [0.2, 0.25) is 0 Å². The number of hydrogen-bond donors (Lipinski definition) is 2. The number of ether oxygens (including phenoxy) is 1. The summed E-state index contributed by atoms with van der Waals surface area (Å²) < 4.78 is 20.3. The number of anilines is 3. The van der Waals surface area contributed by atoms with E-state index in [1.807, 2.05) is 31.1 Å². The van der Waals surface area contributed by atoms with Crippen molar-refractivity contribution in [3.05, 3.63) is 71.9 Å². The van der Waals surface area contributed by atoms with Gasteiger partial charge in [0.05, 0.1) is 43.1 Å². The number of fused-ring (bicyclic) bond motifs is 1. The molecule has 0 fully saturated rings. The van der Waals surface area contributed by atoms with Crippen molar-refractivity contribution in [2.45, 2.75) is 26.1 Å². The first kappa shape index (κ1) is 21.3. The Morgan fingerprint density at radius 3 is 2.88 bits per heavy atom. The van der Waals surface area contributed by atoms with E-state index in [2.05, 4.69) is 32.3 Å². The van der Waals surface area contributed by atoms with E-state index >= 15 is 0 Å². The predicted molar refractivity (Wildman–Crippen MR) is 119 cm³/mol. The number of rotatable bonds is 7. The first-order valence-electron chi connectivity index (χ1n) is 9.98. The van der Waals surface area contributed by atoms with Crippen LogP contribution >= 0.6 is 0 Å². The number of aryl methyl sites for hydroxylation is 1. The van der Waals surface area contributed by atoms with Gasteiger partial charge in [0.15, 0.2) is 6.04 Å². The van der Waals surface area contributed by atoms with Crippen LogP contribution in [-0.2, 0) is 22.6 Å². The molecule has 32 heavy (non-hydrogen) atoms. The maximum Gasteiger partial charge on any atom is 0.255 e. The molecule has 0 saturated carbocycles. The summed E-state index contributed by atoms with van der Waals surface area (Å²) in [6.07, 6.45) is 6.42. The quantitative estimate of drug-likeness (QED) is 0.549. The van der Waals surface area contributed by atoms with Crippen molar-refractivity contribution in [3.63, 3.8) is 0 Å². The number of aromatic nitrogens is 4. The summed E-state index contributed by atoms with van der Waals surface area (Å²) in [6, 6.07) is 2.69. The molecule has 0 spiro atoms. The van der Waals surface area contributed by atoms with Crippen LogP contribution < -0.4 is 15.5 Å². The van der Waals surface area contributed by atoms with Gasteiger partial charge in [-0.3, -0.25) is 14.5 Å². The van der Waals surface area contributed by atoms with E-state index in [1.165, 1.54) is 19.4 Å². The lowest BCUT2D eigenvalue weighted by molar-refractivity contribution is -0.117. The fraction of sp³-hybridized carbons (Fsp3) is 0.273. The number of methoxy groups -OCH3 is 1. The van der Waals surface area contributed by atoms with Crippen LogP contribution in [-0.4, -0.2) is 45.9 Å². The topological polar surface area (TPSA) is 97.2 Å². The van der Waals surface area contributed by atoms with Gasteiger partial charge in [-0.05, 0) is 18.6 Å². The van der Waals surface area contributed by atoms with Gasteiger partial charge in [0, 0.05) is 37.6 Å². The van der Waals surface area contributed by atoms with Crippen molar-refractivity contribution in [2.75, 3.05) is 29.7 Å². The lowest BCUT2D eigenvalue weighted by Crippen LogP contribution is -2.47. The normalized spacial score (nSPS) is 15.2. The summed E-state index contributed by atoms with van der Waals surface area (Å²) in [5, 5.41) is 10.5. The lowest BCUT2D eigenvalue weighted by Gasteiger charge is -2.36. The highest BCUT2D eigenvalue weighted by Crippen LogP contribution is 2.36. The molecule has 0 aliphatic carbocycles. The van der Waals surface area contributed by atoms with Crippen molar-refractivity contribution >= 4 is 23.1 Å². The molecular formula is C22H24FN7O2. The largest absolute Gasteiger partial charge is 0.499 e. The van der Waals surface area contributed by atoms with Gasteiger partial charge in [-0.1, -0.05) is 6.58 Å². The highest BCUT2D eigenvalue weighted by atomic mass is 19.1. The molecule has 0 aromatic carbocycles. The second-order valence-corrected chi connectivity index (χ2v) is 7.57. The second kappa shape index (κ2) is 8.66. The third-order valence-electron chi connectivity index (χ3n) is 5.28. The fourth-order valence-corrected chi connectivity index (χ4v) is 3.67. The zero-order valence-electron chi connectivity index (χ0n) is 18.1. The number of nitrogens with zero attached hydrogens (tertiary/aromatic N) is 5. The summed E-state index contributed by atoms with van der Waals surface area (Å²) in [4.78, 5) is 22.7. The van der Waals surface area contributed by atoms with Gasteiger partial charge >= 0.3 is 0 Å². The van der Waals surface area contributed by atoms with E-state index in [-0.39, 0.29) is 11.7 Å². The predicted octanol–water partition coefficient (Wildman–Crippen LogP) is 2.70. The minimum Gasteiger partial charge on any atom is -0.499 e. The molecule has 9 nitrogen and oxygen atoms in total. The minimum absolute atomic E-state index is 0.210. The molecule has 3 aromatic rings. The number of pyridine rings is 2. The van der Waals surface area contributed by atoms with Gasteiger partial charge in [-0.25, -0.2) is 9.37 Å². The molecule has 4 rings (SSSR count). The Morgan fingerprint density at radius 1 is 1.31 bits per heavy atom. The molecule has 0 saturated heterocycles. The van der Waals surface area contributed by atoms with Gasteiger partial charge in [0.2, 0.25) is 0 Å². The Balaban J connectivity index is 1.48. The van der Waals surface area contributed by atoms with Crippen LogP contribution in [0, 0.1) is 12.7 Å².